The van der Waals surface area contributed by atoms with Crippen molar-refractivity contribution in [2.24, 2.45) is 5.92 Å². The summed E-state index contributed by atoms with van der Waals surface area (Å²) in [6, 6.07) is 2.95. The highest BCUT2D eigenvalue weighted by molar-refractivity contribution is 5.94. The molecule has 0 unspecified atom stereocenters. The lowest BCUT2D eigenvalue weighted by Gasteiger charge is -2.15. The fourth-order valence-electron chi connectivity index (χ4n) is 2.03. The van der Waals surface area contributed by atoms with Crippen molar-refractivity contribution in [1.29, 1.82) is 0 Å². The van der Waals surface area contributed by atoms with Crippen molar-refractivity contribution in [3.05, 3.63) is 35.2 Å². The molecule has 1 heterocycles. The van der Waals surface area contributed by atoms with Gasteiger partial charge in [-0.15, -0.1) is 0 Å². The van der Waals surface area contributed by atoms with E-state index in [1.54, 1.807) is 6.07 Å². The van der Waals surface area contributed by atoms with E-state index in [2.05, 4.69) is 16.0 Å². The average molecular weight is 290 g/mol. The molecule has 0 aliphatic rings. The maximum atomic E-state index is 12.2. The van der Waals surface area contributed by atoms with Gasteiger partial charge in [-0.1, -0.05) is 32.1 Å². The van der Waals surface area contributed by atoms with E-state index < -0.39 is 6.04 Å². The van der Waals surface area contributed by atoms with E-state index in [0.717, 1.165) is 11.3 Å². The number of allylic oxidation sites excluding steroid dienone is 1. The molecular formula is C16H24N3O2+. The summed E-state index contributed by atoms with van der Waals surface area (Å²) in [6.45, 7) is 7.77. The first-order chi connectivity index (χ1) is 9.85. The molecule has 21 heavy (non-hydrogen) atoms. The number of aryl methyl sites for hydroxylation is 1. The van der Waals surface area contributed by atoms with Gasteiger partial charge in [0.2, 0.25) is 0 Å². The molecule has 1 atom stereocenters. The lowest BCUT2D eigenvalue weighted by molar-refractivity contribution is -0.308. The van der Waals surface area contributed by atoms with E-state index in [-0.39, 0.29) is 11.8 Å². The predicted molar refractivity (Wildman–Crippen MR) is 82.3 cm³/mol. The molecule has 1 aromatic heterocycles. The highest BCUT2D eigenvalue weighted by Gasteiger charge is 2.23. The van der Waals surface area contributed by atoms with E-state index in [4.69, 9.17) is 0 Å². The van der Waals surface area contributed by atoms with E-state index in [9.17, 15) is 9.59 Å². The Morgan fingerprint density at radius 1 is 1.38 bits per heavy atom. The van der Waals surface area contributed by atoms with Crippen LogP contribution < -0.4 is 11.1 Å². The van der Waals surface area contributed by atoms with Crippen molar-refractivity contribution >= 4 is 17.9 Å². The molecule has 0 aromatic carbocycles. The summed E-state index contributed by atoms with van der Waals surface area (Å²) in [5, 5.41) is 2.71. The lowest BCUT2D eigenvalue weighted by Crippen LogP contribution is -2.66. The molecule has 4 N–H and O–H groups in total. The number of nitrogens with zero attached hydrogens (tertiary/aromatic N) is 1. The number of nitrogens with one attached hydrogen (secondary N) is 1. The minimum absolute atomic E-state index is 0.278. The van der Waals surface area contributed by atoms with Crippen LogP contribution in [0.3, 0.4) is 0 Å². The Labute approximate surface area is 125 Å². The highest BCUT2D eigenvalue weighted by atomic mass is 16.2. The molecule has 0 spiro atoms. The minimum Gasteiger partial charge on any atom is -0.335 e. The number of carbonyl (C=O) groups excluding carboxylic acids is 2. The third-order valence-electron chi connectivity index (χ3n) is 3.11. The van der Waals surface area contributed by atoms with Crippen molar-refractivity contribution in [3.8, 4) is 0 Å². The molecule has 2 amide bonds. The van der Waals surface area contributed by atoms with Crippen molar-refractivity contribution in [2.45, 2.75) is 40.2 Å². The third kappa shape index (κ3) is 5.11. The standard InChI is InChI=1S/C16H23N3O2/c1-5-6-12-7-8-13(18-11(12)4)16(21)19-14(15(17)20)9-10(2)3/h5-8,10,14H,9H2,1-4H3,(H2,17,20)(H,19,21)/p+1/b6-5-/t14-/m0/s1. The Kier molecular flexibility index (Phi) is 6.24. The maximum absolute atomic E-state index is 12.2. The average Bonchev–Trinajstić information content (AvgIpc) is 2.39. The van der Waals surface area contributed by atoms with Crippen molar-refractivity contribution in [1.82, 2.24) is 10.3 Å². The molecular weight excluding hydrogens is 266 g/mol. The van der Waals surface area contributed by atoms with Crippen molar-refractivity contribution < 1.29 is 15.3 Å². The third-order valence-corrected chi connectivity index (χ3v) is 3.11. The molecule has 0 aliphatic carbocycles. The molecule has 0 saturated carbocycles. The van der Waals surface area contributed by atoms with Gasteiger partial charge in [-0.3, -0.25) is 10.5 Å². The molecule has 1 rings (SSSR count). The van der Waals surface area contributed by atoms with Crippen LogP contribution in [-0.2, 0) is 4.79 Å². The van der Waals surface area contributed by atoms with Gasteiger partial charge >= 0.3 is 5.91 Å². The van der Waals surface area contributed by atoms with Gasteiger partial charge in [0.15, 0.2) is 0 Å². The number of pyridine rings is 1. The fraction of sp³-hybridized carbons (Fsp3) is 0.438. The summed E-state index contributed by atoms with van der Waals surface area (Å²) in [7, 11) is 0. The summed E-state index contributed by atoms with van der Waals surface area (Å²) >= 11 is 0. The van der Waals surface area contributed by atoms with E-state index in [1.165, 1.54) is 0 Å². The number of carbonyl (C=O) groups is 2. The highest BCUT2D eigenvalue weighted by Crippen LogP contribution is 2.10. The first-order valence-electron chi connectivity index (χ1n) is 7.12. The molecule has 1 aromatic rings. The lowest BCUT2D eigenvalue weighted by atomic mass is 10.0. The largest absolute Gasteiger partial charge is 0.335 e. The van der Waals surface area contributed by atoms with Crippen molar-refractivity contribution in [3.63, 3.8) is 0 Å². The monoisotopic (exact) mass is 290 g/mol. The number of quaternary nitrogens is 1. The Balaban J connectivity index is 2.87. The zero-order valence-corrected chi connectivity index (χ0v) is 13.1. The van der Waals surface area contributed by atoms with Gasteiger partial charge in [-0.05, 0) is 37.8 Å². The van der Waals surface area contributed by atoms with Gasteiger partial charge in [-0.2, -0.15) is 0 Å². The second kappa shape index (κ2) is 7.69. The summed E-state index contributed by atoms with van der Waals surface area (Å²) < 4.78 is 0. The molecule has 0 radical (unpaired) electrons. The number of hydrogen-bond donors (Lipinski definition) is 2. The van der Waals surface area contributed by atoms with Gasteiger partial charge in [0.05, 0.1) is 0 Å². The first kappa shape index (κ1) is 17.0. The second-order valence-corrected chi connectivity index (χ2v) is 5.49. The number of aromatic nitrogens is 1. The van der Waals surface area contributed by atoms with Crippen LogP contribution in [0.5, 0.6) is 0 Å². The fourth-order valence-corrected chi connectivity index (χ4v) is 2.03. The molecule has 114 valence electrons. The van der Waals surface area contributed by atoms with Gasteiger partial charge in [0.1, 0.15) is 11.7 Å². The van der Waals surface area contributed by atoms with Crippen LogP contribution in [0.1, 0.15) is 48.9 Å². The molecule has 0 fully saturated rings. The van der Waals surface area contributed by atoms with Crippen LogP contribution in [0.25, 0.3) is 6.08 Å². The molecule has 0 aliphatic heterocycles. The number of hydrogen-bond acceptors (Lipinski definition) is 3. The van der Waals surface area contributed by atoms with Crippen molar-refractivity contribution in [2.75, 3.05) is 0 Å². The second-order valence-electron chi connectivity index (χ2n) is 5.49. The van der Waals surface area contributed by atoms with Crippen LogP contribution in [-0.4, -0.2) is 22.8 Å². The predicted octanol–water partition coefficient (Wildman–Crippen LogP) is 1.34. The summed E-state index contributed by atoms with van der Waals surface area (Å²) in [5.74, 6) is -0.320. The maximum Gasteiger partial charge on any atom is 0.331 e. The normalized spacial score (nSPS) is 12.7. The Morgan fingerprint density at radius 2 is 2.05 bits per heavy atom. The zero-order chi connectivity index (χ0) is 16.0. The number of amides is 2. The minimum atomic E-state index is -0.560. The summed E-state index contributed by atoms with van der Waals surface area (Å²) in [5.41, 5.74) is 5.48. The van der Waals surface area contributed by atoms with Crippen LogP contribution in [0.15, 0.2) is 18.2 Å². The zero-order valence-electron chi connectivity index (χ0n) is 13.1. The quantitative estimate of drug-likeness (QED) is 0.828. The Bertz CT molecular complexity index is 550. The number of rotatable bonds is 6. The molecule has 5 heteroatoms. The Morgan fingerprint density at radius 3 is 2.52 bits per heavy atom. The summed E-state index contributed by atoms with van der Waals surface area (Å²) in [6.07, 6.45) is 4.43. The van der Waals surface area contributed by atoms with Gasteiger partial charge in [-0.25, -0.2) is 9.78 Å². The van der Waals surface area contributed by atoms with E-state index in [0.29, 0.717) is 18.0 Å². The smallest absolute Gasteiger partial charge is 0.331 e. The van der Waals surface area contributed by atoms with Gasteiger partial charge < -0.3 is 5.32 Å². The topological polar surface area (TPSA) is 86.7 Å². The molecule has 0 bridgehead atoms. The molecule has 0 saturated heterocycles. The van der Waals surface area contributed by atoms with Gasteiger partial charge in [0.25, 0.3) is 5.91 Å². The molecule has 5 nitrogen and oxygen atoms in total. The first-order valence-corrected chi connectivity index (χ1v) is 7.12. The Hall–Kier alpha value is -2.01. The SMILES string of the molecule is C/C=C\c1ccc(C(=O)N[C@@H](CC(C)C)C([NH3+])=O)nc1C. The summed E-state index contributed by atoms with van der Waals surface area (Å²) in [4.78, 5) is 28.0. The van der Waals surface area contributed by atoms with E-state index >= 15 is 0 Å². The van der Waals surface area contributed by atoms with Crippen LogP contribution in [0.4, 0.5) is 0 Å². The van der Waals surface area contributed by atoms with Crippen LogP contribution in [0, 0.1) is 12.8 Å². The van der Waals surface area contributed by atoms with Gasteiger partial charge in [0, 0.05) is 5.69 Å². The van der Waals surface area contributed by atoms with Crippen LogP contribution >= 0.6 is 0 Å². The van der Waals surface area contributed by atoms with Crippen LogP contribution in [0.2, 0.25) is 0 Å². The van der Waals surface area contributed by atoms with E-state index in [1.807, 2.05) is 45.9 Å².